The van der Waals surface area contributed by atoms with Crippen LogP contribution in [0.15, 0.2) is 18.3 Å². The average molecular weight is 312 g/mol. The standard InChI is InChI=1S/C14H18ClN3O3/c1-18(12-5-4-10(15)7-16-12)8-13(19)17-11(6-14(20)21)9-2-3-9/h4-5,7,9,11H,2-3,6,8H2,1H3,(H,17,19)(H,20,21). The van der Waals surface area contributed by atoms with E-state index in [2.05, 4.69) is 10.3 Å². The van der Waals surface area contributed by atoms with Crippen LogP contribution in [-0.4, -0.2) is 41.6 Å². The monoisotopic (exact) mass is 311 g/mol. The molecule has 1 heterocycles. The first-order chi connectivity index (χ1) is 9.95. The first kappa shape index (κ1) is 15.6. The quantitative estimate of drug-likeness (QED) is 0.798. The maximum absolute atomic E-state index is 12.0. The van der Waals surface area contributed by atoms with Crippen molar-refractivity contribution in [1.29, 1.82) is 0 Å². The lowest BCUT2D eigenvalue weighted by Crippen LogP contribution is -2.43. The average Bonchev–Trinajstić information content (AvgIpc) is 3.22. The van der Waals surface area contributed by atoms with E-state index in [-0.39, 0.29) is 24.9 Å². The Hall–Kier alpha value is -1.82. The van der Waals surface area contributed by atoms with Crippen LogP contribution >= 0.6 is 11.6 Å². The van der Waals surface area contributed by atoms with Gasteiger partial charge in [0, 0.05) is 19.3 Å². The Kier molecular flexibility index (Phi) is 5.01. The highest BCUT2D eigenvalue weighted by Gasteiger charge is 2.33. The number of amides is 1. The van der Waals surface area contributed by atoms with Gasteiger partial charge in [0.05, 0.1) is 18.0 Å². The number of carbonyl (C=O) groups excluding carboxylic acids is 1. The largest absolute Gasteiger partial charge is 0.481 e. The summed E-state index contributed by atoms with van der Waals surface area (Å²) in [7, 11) is 1.75. The Balaban J connectivity index is 1.87. The summed E-state index contributed by atoms with van der Waals surface area (Å²) in [6, 6.07) is 3.16. The fraction of sp³-hybridized carbons (Fsp3) is 0.500. The SMILES string of the molecule is CN(CC(=O)NC(CC(=O)O)C1CC1)c1ccc(Cl)cn1. The lowest BCUT2D eigenvalue weighted by molar-refractivity contribution is -0.137. The Morgan fingerprint density at radius 3 is 2.76 bits per heavy atom. The van der Waals surface area contributed by atoms with Crippen LogP contribution in [0.2, 0.25) is 5.02 Å². The minimum Gasteiger partial charge on any atom is -0.481 e. The minimum absolute atomic E-state index is 0.0285. The Bertz CT molecular complexity index is 517. The maximum Gasteiger partial charge on any atom is 0.305 e. The van der Waals surface area contributed by atoms with E-state index in [4.69, 9.17) is 16.7 Å². The second-order valence-electron chi connectivity index (χ2n) is 5.30. The van der Waals surface area contributed by atoms with E-state index in [9.17, 15) is 9.59 Å². The van der Waals surface area contributed by atoms with E-state index in [0.717, 1.165) is 12.8 Å². The molecular weight excluding hydrogens is 294 g/mol. The number of carboxylic acid groups (broad SMARTS) is 1. The van der Waals surface area contributed by atoms with Gasteiger partial charge in [0.2, 0.25) is 5.91 Å². The van der Waals surface area contributed by atoms with Gasteiger partial charge in [0.1, 0.15) is 5.82 Å². The highest BCUT2D eigenvalue weighted by atomic mass is 35.5. The predicted octanol–water partition coefficient (Wildman–Crippen LogP) is 1.54. The molecule has 0 saturated heterocycles. The predicted molar refractivity (Wildman–Crippen MR) is 79.4 cm³/mol. The number of carbonyl (C=O) groups is 2. The van der Waals surface area contributed by atoms with Gasteiger partial charge in [-0.05, 0) is 30.9 Å². The number of anilines is 1. The van der Waals surface area contributed by atoms with Crippen molar-refractivity contribution in [2.24, 2.45) is 5.92 Å². The number of rotatable bonds is 7. The van der Waals surface area contributed by atoms with Gasteiger partial charge in [-0.1, -0.05) is 11.6 Å². The van der Waals surface area contributed by atoms with Gasteiger partial charge in [-0.3, -0.25) is 9.59 Å². The second kappa shape index (κ2) is 6.76. The van der Waals surface area contributed by atoms with E-state index < -0.39 is 5.97 Å². The summed E-state index contributed by atoms with van der Waals surface area (Å²) in [5.41, 5.74) is 0. The molecule has 0 aromatic carbocycles. The lowest BCUT2D eigenvalue weighted by Gasteiger charge is -2.21. The van der Waals surface area contributed by atoms with Gasteiger partial charge in [-0.15, -0.1) is 0 Å². The lowest BCUT2D eigenvalue weighted by atomic mass is 10.1. The van der Waals surface area contributed by atoms with Gasteiger partial charge in [0.25, 0.3) is 0 Å². The van der Waals surface area contributed by atoms with Crippen molar-refractivity contribution in [1.82, 2.24) is 10.3 Å². The van der Waals surface area contributed by atoms with Gasteiger partial charge in [0.15, 0.2) is 0 Å². The van der Waals surface area contributed by atoms with Crippen molar-refractivity contribution in [3.8, 4) is 0 Å². The summed E-state index contributed by atoms with van der Waals surface area (Å²) < 4.78 is 0. The van der Waals surface area contributed by atoms with Crippen LogP contribution in [0.1, 0.15) is 19.3 Å². The number of aliphatic carboxylic acids is 1. The number of hydrogen-bond acceptors (Lipinski definition) is 4. The first-order valence-electron chi connectivity index (χ1n) is 6.79. The molecule has 7 heteroatoms. The molecule has 1 aromatic rings. The second-order valence-corrected chi connectivity index (χ2v) is 5.74. The molecule has 2 rings (SSSR count). The number of likely N-dealkylation sites (N-methyl/N-ethyl adjacent to an activating group) is 1. The molecule has 2 N–H and O–H groups in total. The number of nitrogens with one attached hydrogen (secondary N) is 1. The van der Waals surface area contributed by atoms with E-state index in [1.807, 2.05) is 0 Å². The zero-order valence-corrected chi connectivity index (χ0v) is 12.5. The zero-order valence-electron chi connectivity index (χ0n) is 11.8. The third-order valence-corrected chi connectivity index (χ3v) is 3.64. The van der Waals surface area contributed by atoms with Crippen molar-refractivity contribution in [2.75, 3.05) is 18.5 Å². The topological polar surface area (TPSA) is 82.5 Å². The molecule has 1 aliphatic rings. The highest BCUT2D eigenvalue weighted by Crippen LogP contribution is 2.34. The van der Waals surface area contributed by atoms with Crippen LogP contribution in [0.3, 0.4) is 0 Å². The molecule has 1 amide bonds. The molecule has 1 unspecified atom stereocenters. The third-order valence-electron chi connectivity index (χ3n) is 3.42. The van der Waals surface area contributed by atoms with Crippen molar-refractivity contribution in [3.63, 3.8) is 0 Å². The van der Waals surface area contributed by atoms with Crippen molar-refractivity contribution in [2.45, 2.75) is 25.3 Å². The highest BCUT2D eigenvalue weighted by molar-refractivity contribution is 6.30. The molecule has 1 aliphatic carbocycles. The summed E-state index contributed by atoms with van der Waals surface area (Å²) in [5, 5.41) is 12.2. The molecule has 1 atom stereocenters. The van der Waals surface area contributed by atoms with Gasteiger partial charge >= 0.3 is 5.97 Å². The van der Waals surface area contributed by atoms with E-state index in [1.165, 1.54) is 6.20 Å². The van der Waals surface area contributed by atoms with E-state index in [1.54, 1.807) is 24.1 Å². The number of aromatic nitrogens is 1. The summed E-state index contributed by atoms with van der Waals surface area (Å²) in [6.07, 6.45) is 3.45. The minimum atomic E-state index is -0.889. The number of nitrogens with zero attached hydrogens (tertiary/aromatic N) is 2. The molecule has 0 spiro atoms. The molecule has 1 aromatic heterocycles. The fourth-order valence-corrected chi connectivity index (χ4v) is 2.28. The van der Waals surface area contributed by atoms with E-state index >= 15 is 0 Å². The molecule has 21 heavy (non-hydrogen) atoms. The fourth-order valence-electron chi connectivity index (χ4n) is 2.16. The molecule has 0 radical (unpaired) electrons. The summed E-state index contributed by atoms with van der Waals surface area (Å²) >= 11 is 5.77. The van der Waals surface area contributed by atoms with Crippen LogP contribution in [0, 0.1) is 5.92 Å². The Morgan fingerprint density at radius 2 is 2.24 bits per heavy atom. The molecule has 1 fully saturated rings. The number of pyridine rings is 1. The summed E-state index contributed by atoms with van der Waals surface area (Å²) in [5.74, 6) is -0.160. The van der Waals surface area contributed by atoms with Crippen molar-refractivity contribution >= 4 is 29.3 Å². The van der Waals surface area contributed by atoms with Gasteiger partial charge in [-0.25, -0.2) is 4.98 Å². The molecule has 114 valence electrons. The molecular formula is C14H18ClN3O3. The first-order valence-corrected chi connectivity index (χ1v) is 7.17. The van der Waals surface area contributed by atoms with Crippen LogP contribution < -0.4 is 10.2 Å². The maximum atomic E-state index is 12.0. The Labute approximate surface area is 128 Å². The summed E-state index contributed by atoms with van der Waals surface area (Å²) in [4.78, 5) is 28.7. The molecule has 0 bridgehead atoms. The smallest absolute Gasteiger partial charge is 0.305 e. The number of hydrogen-bond donors (Lipinski definition) is 2. The van der Waals surface area contributed by atoms with Crippen LogP contribution in [0.4, 0.5) is 5.82 Å². The Morgan fingerprint density at radius 1 is 1.52 bits per heavy atom. The van der Waals surface area contributed by atoms with Crippen molar-refractivity contribution < 1.29 is 14.7 Å². The van der Waals surface area contributed by atoms with E-state index in [0.29, 0.717) is 16.8 Å². The third kappa shape index (κ3) is 4.90. The molecule has 6 nitrogen and oxygen atoms in total. The normalized spacial score (nSPS) is 15.3. The van der Waals surface area contributed by atoms with Gasteiger partial charge in [-0.2, -0.15) is 0 Å². The van der Waals surface area contributed by atoms with Gasteiger partial charge < -0.3 is 15.3 Å². The molecule has 1 saturated carbocycles. The zero-order chi connectivity index (χ0) is 15.4. The number of carboxylic acids is 1. The van der Waals surface area contributed by atoms with Crippen molar-refractivity contribution in [3.05, 3.63) is 23.4 Å². The van der Waals surface area contributed by atoms with Crippen LogP contribution in [0.25, 0.3) is 0 Å². The summed E-state index contributed by atoms with van der Waals surface area (Å²) in [6.45, 7) is 0.122. The van der Waals surface area contributed by atoms with Crippen LogP contribution in [-0.2, 0) is 9.59 Å². The van der Waals surface area contributed by atoms with Crippen LogP contribution in [0.5, 0.6) is 0 Å². The molecule has 0 aliphatic heterocycles. The number of halogens is 1.